The zero-order valence-corrected chi connectivity index (χ0v) is 13.4. The molecule has 90 valence electrons. The molecule has 1 atom stereocenters. The second-order valence-corrected chi connectivity index (χ2v) is 4.03. The van der Waals surface area contributed by atoms with Gasteiger partial charge in [-0.05, 0) is 13.8 Å². The van der Waals surface area contributed by atoms with Crippen molar-refractivity contribution in [3.05, 3.63) is 29.3 Å². The minimum atomic E-state index is -0.610. The van der Waals surface area contributed by atoms with Gasteiger partial charge < -0.3 is 5.32 Å². The van der Waals surface area contributed by atoms with Crippen LogP contribution in [0.4, 0.5) is 5.69 Å². The molecule has 0 aliphatic rings. The van der Waals surface area contributed by atoms with Crippen LogP contribution in [-0.2, 0) is 30.7 Å². The van der Waals surface area contributed by atoms with Crippen molar-refractivity contribution >= 4 is 17.4 Å². The molecule has 1 aromatic carbocycles. The zero-order chi connectivity index (χ0) is 12.3. The van der Waals surface area contributed by atoms with Crippen LogP contribution in [-0.4, -0.2) is 11.7 Å². The topological polar surface area (TPSA) is 46.2 Å². The molecular weight excluding hydrogens is 386 g/mol. The Morgan fingerprint density at radius 3 is 2.41 bits per heavy atom. The fourth-order valence-corrected chi connectivity index (χ4v) is 1.30. The Kier molecular flexibility index (Phi) is 6.33. The van der Waals surface area contributed by atoms with E-state index in [1.54, 1.807) is 13.0 Å². The van der Waals surface area contributed by atoms with Crippen molar-refractivity contribution in [1.82, 2.24) is 0 Å². The molecule has 4 heteroatoms. The molecule has 0 aliphatic heterocycles. The average molecular weight is 402 g/mol. The summed E-state index contributed by atoms with van der Waals surface area (Å²) in [6.07, 6.45) is 0. The van der Waals surface area contributed by atoms with Crippen LogP contribution >= 0.6 is 0 Å². The Hall–Kier alpha value is -0.952. The number of Topliss-reactive ketones (excluding diaryl/α,β-unsaturated/α-hetero) is 1. The third kappa shape index (κ3) is 4.43. The first-order valence-corrected chi connectivity index (χ1v) is 5.22. The van der Waals surface area contributed by atoms with E-state index < -0.39 is 5.92 Å². The van der Waals surface area contributed by atoms with Crippen LogP contribution in [0.3, 0.4) is 0 Å². The van der Waals surface area contributed by atoms with Crippen LogP contribution in [0.1, 0.15) is 25.0 Å². The maximum Gasteiger partial charge on any atom is 2.00 e. The molecule has 0 radical (unpaired) electrons. The number of rotatable bonds is 3. The van der Waals surface area contributed by atoms with Crippen molar-refractivity contribution in [2.24, 2.45) is 5.92 Å². The molecule has 1 N–H and O–H groups in total. The summed E-state index contributed by atoms with van der Waals surface area (Å²) in [7, 11) is 0. The van der Waals surface area contributed by atoms with Crippen molar-refractivity contribution < 1.29 is 30.7 Å². The first-order valence-electron chi connectivity index (χ1n) is 5.22. The smallest absolute Gasteiger partial charge is 0.379 e. The number of hydrogen-bond donors (Lipinski definition) is 1. The quantitative estimate of drug-likeness (QED) is 0.623. The van der Waals surface area contributed by atoms with E-state index in [4.69, 9.17) is 0 Å². The van der Waals surface area contributed by atoms with Crippen LogP contribution in [0.15, 0.2) is 12.1 Å². The van der Waals surface area contributed by atoms with Gasteiger partial charge in [0.15, 0.2) is 0 Å². The Labute approximate surface area is 116 Å². The van der Waals surface area contributed by atoms with E-state index in [0.29, 0.717) is 5.69 Å². The molecule has 3 nitrogen and oxygen atoms in total. The molecule has 0 fully saturated rings. The molecular formula is C13H16NO2W+. The Balaban J connectivity index is 0.00000256. The van der Waals surface area contributed by atoms with Crippen molar-refractivity contribution in [2.45, 2.75) is 27.7 Å². The van der Waals surface area contributed by atoms with E-state index >= 15 is 0 Å². The number of benzene rings is 1. The van der Waals surface area contributed by atoms with Gasteiger partial charge in [0.2, 0.25) is 5.91 Å². The summed E-state index contributed by atoms with van der Waals surface area (Å²) in [5, 5.41) is 2.73. The standard InChI is InChI=1S/C13H16NO2.W/c1-8-5-6-12(9(2)7-8)14-13(16)10(3)11(4)15;/h6-7,10H,1-4H3,(H,14,16);/q-1;+2. The number of nitrogens with one attached hydrogen (secondary N) is 1. The van der Waals surface area contributed by atoms with Gasteiger partial charge in [0, 0.05) is 0 Å². The molecule has 1 aromatic rings. The summed E-state index contributed by atoms with van der Waals surface area (Å²) in [5.41, 5.74) is 2.71. The Bertz CT molecular complexity index is 429. The van der Waals surface area contributed by atoms with Crippen molar-refractivity contribution in [1.29, 1.82) is 0 Å². The van der Waals surface area contributed by atoms with Gasteiger partial charge >= 0.3 is 21.1 Å². The SMILES string of the molecule is CC(=O)C(C)C(=O)Nc1c[c-]c(C)cc1C.[W+2]. The predicted octanol–water partition coefficient (Wildman–Crippen LogP) is 2.26. The average Bonchev–Trinajstić information content (AvgIpc) is 2.20. The molecule has 0 aromatic heterocycles. The van der Waals surface area contributed by atoms with Crippen molar-refractivity contribution in [3.63, 3.8) is 0 Å². The summed E-state index contributed by atoms with van der Waals surface area (Å²) in [6.45, 7) is 6.87. The molecule has 0 saturated heterocycles. The molecule has 0 aliphatic carbocycles. The van der Waals surface area contributed by atoms with E-state index in [1.165, 1.54) is 6.92 Å². The predicted molar refractivity (Wildman–Crippen MR) is 63.2 cm³/mol. The second-order valence-electron chi connectivity index (χ2n) is 4.03. The first kappa shape index (κ1) is 16.0. The fourth-order valence-electron chi connectivity index (χ4n) is 1.30. The molecule has 1 unspecified atom stereocenters. The van der Waals surface area contributed by atoms with Gasteiger partial charge in [0.1, 0.15) is 5.78 Å². The van der Waals surface area contributed by atoms with Crippen LogP contribution in [0.5, 0.6) is 0 Å². The third-order valence-electron chi connectivity index (χ3n) is 2.56. The molecule has 17 heavy (non-hydrogen) atoms. The molecule has 0 bridgehead atoms. The molecule has 0 heterocycles. The van der Waals surface area contributed by atoms with Crippen LogP contribution < -0.4 is 5.32 Å². The minimum absolute atomic E-state index is 0. The maximum atomic E-state index is 11.6. The van der Waals surface area contributed by atoms with Crippen LogP contribution in [0.2, 0.25) is 0 Å². The summed E-state index contributed by atoms with van der Waals surface area (Å²) in [6, 6.07) is 6.68. The molecule has 0 saturated carbocycles. The molecule has 1 rings (SSSR count). The number of amides is 1. The number of carbonyl (C=O) groups excluding carboxylic acids is 2. The summed E-state index contributed by atoms with van der Waals surface area (Å²) in [5.74, 6) is -1.01. The Morgan fingerprint density at radius 2 is 1.94 bits per heavy atom. The van der Waals surface area contributed by atoms with Crippen molar-refractivity contribution in [2.75, 3.05) is 5.32 Å². The van der Waals surface area contributed by atoms with Crippen LogP contribution in [0.25, 0.3) is 0 Å². The zero-order valence-electron chi connectivity index (χ0n) is 10.5. The monoisotopic (exact) mass is 402 g/mol. The number of carbonyl (C=O) groups is 2. The van der Waals surface area contributed by atoms with Gasteiger partial charge in [-0.25, -0.2) is 0 Å². The van der Waals surface area contributed by atoms with E-state index in [0.717, 1.165) is 11.1 Å². The van der Waals surface area contributed by atoms with E-state index in [2.05, 4.69) is 11.4 Å². The molecule has 1 amide bonds. The van der Waals surface area contributed by atoms with Gasteiger partial charge in [-0.15, -0.1) is 5.56 Å². The normalized spacial score (nSPS) is 11.3. The van der Waals surface area contributed by atoms with Gasteiger partial charge in [0.05, 0.1) is 5.92 Å². The largest absolute Gasteiger partial charge is 2.00 e. The summed E-state index contributed by atoms with van der Waals surface area (Å²) < 4.78 is 0. The maximum absolute atomic E-state index is 11.6. The number of ketones is 1. The third-order valence-corrected chi connectivity index (χ3v) is 2.56. The van der Waals surface area contributed by atoms with Gasteiger partial charge in [-0.1, -0.05) is 19.5 Å². The second kappa shape index (κ2) is 6.70. The summed E-state index contributed by atoms with van der Waals surface area (Å²) >= 11 is 0. The number of hydrogen-bond acceptors (Lipinski definition) is 2. The Morgan fingerprint density at radius 1 is 1.35 bits per heavy atom. The minimum Gasteiger partial charge on any atom is -0.379 e. The number of anilines is 1. The fraction of sp³-hybridized carbons (Fsp3) is 0.385. The summed E-state index contributed by atoms with van der Waals surface area (Å²) in [4.78, 5) is 22.7. The molecule has 0 spiro atoms. The van der Waals surface area contributed by atoms with E-state index in [-0.39, 0.29) is 32.8 Å². The van der Waals surface area contributed by atoms with Gasteiger partial charge in [-0.3, -0.25) is 9.59 Å². The van der Waals surface area contributed by atoms with Gasteiger partial charge in [0.25, 0.3) is 0 Å². The van der Waals surface area contributed by atoms with E-state index in [9.17, 15) is 9.59 Å². The van der Waals surface area contributed by atoms with Gasteiger partial charge in [-0.2, -0.15) is 23.8 Å². The van der Waals surface area contributed by atoms with E-state index in [1.807, 2.05) is 19.9 Å². The van der Waals surface area contributed by atoms with Crippen LogP contribution in [0, 0.1) is 25.8 Å². The number of aryl methyl sites for hydroxylation is 2. The first-order chi connectivity index (χ1) is 7.41. The van der Waals surface area contributed by atoms with Crippen molar-refractivity contribution in [3.8, 4) is 0 Å².